The molecule has 0 fully saturated rings. The standard InChI is InChI=1S/C17H12FNO2/c1-12(20)21-15-6-4-5-13(10-15)9-14(11-19)16-7-2-3-8-17(16)18/h2-10H,1H3/b14-9-. The lowest BCUT2D eigenvalue weighted by molar-refractivity contribution is -0.131. The van der Waals surface area contributed by atoms with Crippen LogP contribution < -0.4 is 4.74 Å². The molecule has 0 atom stereocenters. The van der Waals surface area contributed by atoms with Crippen LogP contribution in [0.1, 0.15) is 18.1 Å². The van der Waals surface area contributed by atoms with E-state index in [1.54, 1.807) is 48.5 Å². The molecular weight excluding hydrogens is 269 g/mol. The highest BCUT2D eigenvalue weighted by molar-refractivity contribution is 5.90. The summed E-state index contributed by atoms with van der Waals surface area (Å²) in [5.41, 5.74) is 1.08. The Morgan fingerprint density at radius 3 is 2.67 bits per heavy atom. The van der Waals surface area contributed by atoms with Crippen LogP contribution in [0.2, 0.25) is 0 Å². The quantitative estimate of drug-likeness (QED) is 0.372. The molecule has 2 rings (SSSR count). The molecule has 0 N–H and O–H groups in total. The molecular formula is C17H12FNO2. The Labute approximate surface area is 121 Å². The molecule has 0 heterocycles. The summed E-state index contributed by atoms with van der Waals surface area (Å²) in [4.78, 5) is 10.9. The molecule has 3 nitrogen and oxygen atoms in total. The van der Waals surface area contributed by atoms with Crippen LogP contribution in [0, 0.1) is 17.1 Å². The van der Waals surface area contributed by atoms with Gasteiger partial charge in [-0.2, -0.15) is 5.26 Å². The highest BCUT2D eigenvalue weighted by Crippen LogP contribution is 2.22. The number of esters is 1. The van der Waals surface area contributed by atoms with E-state index in [9.17, 15) is 14.4 Å². The molecule has 4 heteroatoms. The van der Waals surface area contributed by atoms with Gasteiger partial charge in [0.25, 0.3) is 0 Å². The SMILES string of the molecule is CC(=O)Oc1cccc(/C=C(/C#N)c2ccccc2F)c1. The van der Waals surface area contributed by atoms with Crippen molar-refractivity contribution in [3.63, 3.8) is 0 Å². The molecule has 0 amide bonds. The Morgan fingerprint density at radius 2 is 2.00 bits per heavy atom. The second kappa shape index (κ2) is 6.49. The maximum absolute atomic E-state index is 13.7. The van der Waals surface area contributed by atoms with E-state index in [0.29, 0.717) is 11.3 Å². The number of carbonyl (C=O) groups excluding carboxylic acids is 1. The van der Waals surface area contributed by atoms with Crippen molar-refractivity contribution in [1.29, 1.82) is 5.26 Å². The van der Waals surface area contributed by atoms with E-state index in [1.165, 1.54) is 13.0 Å². The van der Waals surface area contributed by atoms with Gasteiger partial charge in [0.05, 0.1) is 11.6 Å². The zero-order valence-electron chi connectivity index (χ0n) is 11.3. The Bertz CT molecular complexity index is 744. The summed E-state index contributed by atoms with van der Waals surface area (Å²) in [5.74, 6) is -0.505. The molecule has 0 radical (unpaired) electrons. The van der Waals surface area contributed by atoms with E-state index in [2.05, 4.69) is 0 Å². The fourth-order valence-electron chi connectivity index (χ4n) is 1.85. The third-order valence-electron chi connectivity index (χ3n) is 2.72. The fraction of sp³-hybridized carbons (Fsp3) is 0.0588. The number of benzene rings is 2. The number of hydrogen-bond acceptors (Lipinski definition) is 3. The Balaban J connectivity index is 2.39. The van der Waals surface area contributed by atoms with Gasteiger partial charge in [0, 0.05) is 12.5 Å². The van der Waals surface area contributed by atoms with Gasteiger partial charge in [-0.25, -0.2) is 4.39 Å². The van der Waals surface area contributed by atoms with Crippen molar-refractivity contribution in [2.45, 2.75) is 6.92 Å². The Morgan fingerprint density at radius 1 is 1.24 bits per heavy atom. The average molecular weight is 281 g/mol. The molecule has 0 aliphatic rings. The van der Waals surface area contributed by atoms with E-state index in [-0.39, 0.29) is 11.1 Å². The van der Waals surface area contributed by atoms with Crippen LogP contribution in [0.15, 0.2) is 48.5 Å². The summed E-state index contributed by atoms with van der Waals surface area (Å²) in [6.07, 6.45) is 1.55. The van der Waals surface area contributed by atoms with Crippen LogP contribution in [0.4, 0.5) is 4.39 Å². The zero-order valence-corrected chi connectivity index (χ0v) is 11.3. The fourth-order valence-corrected chi connectivity index (χ4v) is 1.85. The highest BCUT2D eigenvalue weighted by Gasteiger charge is 2.07. The van der Waals surface area contributed by atoms with Crippen molar-refractivity contribution in [2.75, 3.05) is 0 Å². The number of allylic oxidation sites excluding steroid dienone is 1. The third-order valence-corrected chi connectivity index (χ3v) is 2.72. The summed E-state index contributed by atoms with van der Waals surface area (Å²) in [7, 11) is 0. The van der Waals surface area contributed by atoms with Gasteiger partial charge < -0.3 is 4.74 Å². The minimum Gasteiger partial charge on any atom is -0.427 e. The summed E-state index contributed by atoms with van der Waals surface area (Å²) in [6.45, 7) is 1.31. The lowest BCUT2D eigenvalue weighted by Crippen LogP contribution is -2.01. The normalized spacial score (nSPS) is 10.8. The number of rotatable bonds is 3. The molecule has 0 aliphatic heterocycles. The van der Waals surface area contributed by atoms with Crippen LogP contribution in [0.25, 0.3) is 11.6 Å². The van der Waals surface area contributed by atoms with E-state index in [0.717, 1.165) is 0 Å². The molecule has 0 aliphatic carbocycles. The number of ether oxygens (including phenoxy) is 1. The molecule has 2 aromatic carbocycles. The van der Waals surface area contributed by atoms with Crippen molar-refractivity contribution < 1.29 is 13.9 Å². The molecule has 0 bridgehead atoms. The summed E-state index contributed by atoms with van der Waals surface area (Å²) in [6, 6.07) is 14.7. The van der Waals surface area contributed by atoms with Gasteiger partial charge in [-0.05, 0) is 29.8 Å². The van der Waals surface area contributed by atoms with E-state index in [1.807, 2.05) is 6.07 Å². The maximum Gasteiger partial charge on any atom is 0.308 e. The summed E-state index contributed by atoms with van der Waals surface area (Å²) < 4.78 is 18.7. The van der Waals surface area contributed by atoms with Crippen LogP contribution >= 0.6 is 0 Å². The first-order valence-corrected chi connectivity index (χ1v) is 6.25. The van der Waals surface area contributed by atoms with Gasteiger partial charge in [-0.3, -0.25) is 4.79 Å². The zero-order chi connectivity index (χ0) is 15.2. The predicted molar refractivity (Wildman–Crippen MR) is 77.6 cm³/mol. The van der Waals surface area contributed by atoms with E-state index >= 15 is 0 Å². The highest BCUT2D eigenvalue weighted by atomic mass is 19.1. The first kappa shape index (κ1) is 14.5. The predicted octanol–water partition coefficient (Wildman–Crippen LogP) is 3.82. The third kappa shape index (κ3) is 3.77. The van der Waals surface area contributed by atoms with Crippen LogP contribution in [-0.2, 0) is 4.79 Å². The first-order valence-electron chi connectivity index (χ1n) is 6.25. The van der Waals surface area contributed by atoms with Gasteiger partial charge >= 0.3 is 5.97 Å². The van der Waals surface area contributed by atoms with Crippen molar-refractivity contribution in [2.24, 2.45) is 0 Å². The summed E-state index contributed by atoms with van der Waals surface area (Å²) >= 11 is 0. The molecule has 21 heavy (non-hydrogen) atoms. The molecule has 2 aromatic rings. The van der Waals surface area contributed by atoms with Crippen LogP contribution in [0.3, 0.4) is 0 Å². The number of nitrogens with zero attached hydrogens (tertiary/aromatic N) is 1. The van der Waals surface area contributed by atoms with Crippen molar-refractivity contribution >= 4 is 17.6 Å². The monoisotopic (exact) mass is 281 g/mol. The molecule has 0 saturated carbocycles. The lowest BCUT2D eigenvalue weighted by atomic mass is 10.0. The minimum absolute atomic E-state index is 0.202. The van der Waals surface area contributed by atoms with Gasteiger partial charge in [0.15, 0.2) is 0 Å². The maximum atomic E-state index is 13.7. The van der Waals surface area contributed by atoms with Crippen molar-refractivity contribution in [3.05, 3.63) is 65.5 Å². The Hall–Kier alpha value is -2.93. The number of halogens is 1. The van der Waals surface area contributed by atoms with Crippen molar-refractivity contribution in [3.8, 4) is 11.8 Å². The van der Waals surface area contributed by atoms with Gasteiger partial charge in [0.2, 0.25) is 0 Å². The van der Waals surface area contributed by atoms with Crippen molar-refractivity contribution in [1.82, 2.24) is 0 Å². The summed E-state index contributed by atoms with van der Waals surface area (Å²) in [5, 5.41) is 9.21. The molecule has 0 saturated heterocycles. The van der Waals surface area contributed by atoms with E-state index < -0.39 is 11.8 Å². The number of hydrogen-bond donors (Lipinski definition) is 0. The average Bonchev–Trinajstić information content (AvgIpc) is 2.45. The molecule has 0 spiro atoms. The minimum atomic E-state index is -0.457. The Kier molecular flexibility index (Phi) is 4.47. The molecule has 104 valence electrons. The second-order valence-electron chi connectivity index (χ2n) is 4.32. The van der Waals surface area contributed by atoms with Gasteiger partial charge in [0.1, 0.15) is 11.6 Å². The topological polar surface area (TPSA) is 50.1 Å². The first-order chi connectivity index (χ1) is 10.1. The largest absolute Gasteiger partial charge is 0.427 e. The number of nitriles is 1. The molecule has 0 aromatic heterocycles. The van der Waals surface area contributed by atoms with Crippen LogP contribution in [-0.4, -0.2) is 5.97 Å². The van der Waals surface area contributed by atoms with Gasteiger partial charge in [-0.1, -0.05) is 30.3 Å². The number of carbonyl (C=O) groups is 1. The van der Waals surface area contributed by atoms with Gasteiger partial charge in [-0.15, -0.1) is 0 Å². The second-order valence-corrected chi connectivity index (χ2v) is 4.32. The lowest BCUT2D eigenvalue weighted by Gasteiger charge is -2.04. The van der Waals surface area contributed by atoms with Crippen LogP contribution in [0.5, 0.6) is 5.75 Å². The smallest absolute Gasteiger partial charge is 0.308 e. The molecule has 0 unspecified atom stereocenters. The van der Waals surface area contributed by atoms with E-state index in [4.69, 9.17) is 4.74 Å².